The zero-order valence-electron chi connectivity index (χ0n) is 15.1. The van der Waals surface area contributed by atoms with Crippen molar-refractivity contribution < 1.29 is 27.1 Å². The Balaban J connectivity index is 1.45. The second-order valence-corrected chi connectivity index (χ2v) is 6.57. The summed E-state index contributed by atoms with van der Waals surface area (Å²) in [7, 11) is 0. The van der Waals surface area contributed by atoms with Crippen molar-refractivity contribution in [1.29, 1.82) is 0 Å². The average Bonchev–Trinajstić information content (AvgIpc) is 2.67. The highest BCUT2D eigenvalue weighted by molar-refractivity contribution is 5.77. The summed E-state index contributed by atoms with van der Waals surface area (Å²) in [5, 5.41) is 0. The lowest BCUT2D eigenvalue weighted by Crippen LogP contribution is -2.49. The van der Waals surface area contributed by atoms with Crippen LogP contribution in [0.3, 0.4) is 0 Å². The fourth-order valence-corrected chi connectivity index (χ4v) is 3.01. The van der Waals surface area contributed by atoms with Crippen LogP contribution < -0.4 is 4.74 Å². The quantitative estimate of drug-likeness (QED) is 0.725. The zero-order valence-corrected chi connectivity index (χ0v) is 15.1. The summed E-state index contributed by atoms with van der Waals surface area (Å²) in [5.74, 6) is -0.703. The van der Waals surface area contributed by atoms with Crippen LogP contribution >= 0.6 is 0 Å². The first-order valence-corrected chi connectivity index (χ1v) is 8.86. The van der Waals surface area contributed by atoms with Gasteiger partial charge in [0.2, 0.25) is 0 Å². The highest BCUT2D eigenvalue weighted by Gasteiger charge is 2.30. The van der Waals surface area contributed by atoms with Crippen LogP contribution in [-0.4, -0.2) is 48.5 Å². The normalized spacial score (nSPS) is 15.5. The third kappa shape index (κ3) is 5.22. The van der Waals surface area contributed by atoms with Crippen molar-refractivity contribution in [2.75, 3.05) is 32.8 Å². The lowest BCUT2D eigenvalue weighted by atomic mass is 10.1. The molecule has 28 heavy (non-hydrogen) atoms. The fraction of sp³-hybridized carbons (Fsp3) is 0.350. The van der Waals surface area contributed by atoms with E-state index < -0.39 is 17.6 Å². The van der Waals surface area contributed by atoms with Gasteiger partial charge in [0, 0.05) is 32.7 Å². The van der Waals surface area contributed by atoms with Crippen molar-refractivity contribution in [1.82, 2.24) is 9.80 Å². The van der Waals surface area contributed by atoms with E-state index in [1.807, 2.05) is 0 Å². The predicted octanol–water partition coefficient (Wildman–Crippen LogP) is 3.57. The number of benzene rings is 2. The van der Waals surface area contributed by atoms with Crippen LogP contribution in [0, 0.1) is 5.82 Å². The van der Waals surface area contributed by atoms with Crippen LogP contribution in [0.5, 0.6) is 5.75 Å². The van der Waals surface area contributed by atoms with E-state index in [2.05, 4.69) is 4.90 Å². The van der Waals surface area contributed by atoms with E-state index in [4.69, 9.17) is 4.74 Å². The smallest absolute Gasteiger partial charge is 0.416 e. The Labute approximate surface area is 160 Å². The molecule has 0 spiro atoms. The van der Waals surface area contributed by atoms with Gasteiger partial charge in [0.25, 0.3) is 5.91 Å². The summed E-state index contributed by atoms with van der Waals surface area (Å²) in [6.45, 7) is 2.46. The number of alkyl halides is 3. The minimum atomic E-state index is -4.34. The highest BCUT2D eigenvalue weighted by atomic mass is 19.4. The third-order valence-corrected chi connectivity index (χ3v) is 4.60. The van der Waals surface area contributed by atoms with Crippen molar-refractivity contribution in [2.24, 2.45) is 0 Å². The molecule has 4 nitrogen and oxygen atoms in total. The molecule has 2 aromatic rings. The number of piperazine rings is 1. The molecule has 1 heterocycles. The maximum atomic E-state index is 13.5. The van der Waals surface area contributed by atoms with Gasteiger partial charge in [0.05, 0.1) is 5.56 Å². The number of para-hydroxylation sites is 1. The van der Waals surface area contributed by atoms with E-state index in [1.165, 1.54) is 24.3 Å². The Morgan fingerprint density at radius 2 is 1.61 bits per heavy atom. The number of halogens is 4. The van der Waals surface area contributed by atoms with Gasteiger partial charge >= 0.3 is 6.18 Å². The molecule has 1 saturated heterocycles. The van der Waals surface area contributed by atoms with Crippen LogP contribution in [0.2, 0.25) is 0 Å². The molecule has 0 N–H and O–H groups in total. The van der Waals surface area contributed by atoms with Crippen LogP contribution in [0.4, 0.5) is 17.6 Å². The predicted molar refractivity (Wildman–Crippen MR) is 95.2 cm³/mol. The minimum Gasteiger partial charge on any atom is -0.481 e. The van der Waals surface area contributed by atoms with E-state index in [0.717, 1.165) is 17.7 Å². The van der Waals surface area contributed by atoms with E-state index >= 15 is 0 Å². The Kier molecular flexibility index (Phi) is 6.18. The van der Waals surface area contributed by atoms with Crippen molar-refractivity contribution in [3.8, 4) is 5.75 Å². The first-order valence-electron chi connectivity index (χ1n) is 8.86. The number of carbonyl (C=O) groups excluding carboxylic acids is 1. The summed E-state index contributed by atoms with van der Waals surface area (Å²) in [6, 6.07) is 11.0. The van der Waals surface area contributed by atoms with Gasteiger partial charge in [-0.3, -0.25) is 9.69 Å². The molecule has 0 unspecified atom stereocenters. The molecule has 8 heteroatoms. The molecule has 2 aromatic carbocycles. The SMILES string of the molecule is O=C(COc1ccccc1F)N1CCN(Cc2ccc(C(F)(F)F)cc2)CC1. The molecule has 0 atom stereocenters. The Bertz CT molecular complexity index is 801. The lowest BCUT2D eigenvalue weighted by Gasteiger charge is -2.34. The zero-order chi connectivity index (χ0) is 20.1. The summed E-state index contributed by atoms with van der Waals surface area (Å²) in [6.07, 6.45) is -4.34. The average molecular weight is 396 g/mol. The van der Waals surface area contributed by atoms with Gasteiger partial charge in [-0.1, -0.05) is 24.3 Å². The van der Waals surface area contributed by atoms with Crippen LogP contribution in [0.25, 0.3) is 0 Å². The van der Waals surface area contributed by atoms with Crippen LogP contribution in [0.15, 0.2) is 48.5 Å². The Morgan fingerprint density at radius 1 is 0.964 bits per heavy atom. The second kappa shape index (κ2) is 8.60. The number of hydrogen-bond acceptors (Lipinski definition) is 3. The Morgan fingerprint density at radius 3 is 2.21 bits per heavy atom. The van der Waals surface area contributed by atoms with Crippen molar-refractivity contribution in [3.63, 3.8) is 0 Å². The maximum absolute atomic E-state index is 13.5. The lowest BCUT2D eigenvalue weighted by molar-refractivity contribution is -0.137. The molecule has 0 aliphatic carbocycles. The molecule has 3 rings (SSSR count). The molecule has 1 aliphatic heterocycles. The molecule has 1 fully saturated rings. The molecular weight excluding hydrogens is 376 g/mol. The Hall–Kier alpha value is -2.61. The molecule has 0 radical (unpaired) electrons. The number of ether oxygens (including phenoxy) is 1. The van der Waals surface area contributed by atoms with Crippen LogP contribution in [0.1, 0.15) is 11.1 Å². The number of amides is 1. The van der Waals surface area contributed by atoms with Gasteiger partial charge in [0.1, 0.15) is 0 Å². The van der Waals surface area contributed by atoms with Gasteiger partial charge in [-0.25, -0.2) is 4.39 Å². The fourth-order valence-electron chi connectivity index (χ4n) is 3.01. The summed E-state index contributed by atoms with van der Waals surface area (Å²) < 4.78 is 56.6. The maximum Gasteiger partial charge on any atom is 0.416 e. The highest BCUT2D eigenvalue weighted by Crippen LogP contribution is 2.29. The second-order valence-electron chi connectivity index (χ2n) is 6.57. The summed E-state index contributed by atoms with van der Waals surface area (Å²) >= 11 is 0. The number of nitrogens with zero attached hydrogens (tertiary/aromatic N) is 2. The molecule has 1 aliphatic rings. The van der Waals surface area contributed by atoms with E-state index in [1.54, 1.807) is 17.0 Å². The molecule has 150 valence electrons. The third-order valence-electron chi connectivity index (χ3n) is 4.60. The molecule has 1 amide bonds. The van der Waals surface area contributed by atoms with Crippen molar-refractivity contribution in [2.45, 2.75) is 12.7 Å². The van der Waals surface area contributed by atoms with Gasteiger partial charge in [-0.2, -0.15) is 13.2 Å². The van der Waals surface area contributed by atoms with Gasteiger partial charge in [-0.15, -0.1) is 0 Å². The minimum absolute atomic E-state index is 0.0387. The topological polar surface area (TPSA) is 32.8 Å². The van der Waals surface area contributed by atoms with Gasteiger partial charge < -0.3 is 9.64 Å². The summed E-state index contributed by atoms with van der Waals surface area (Å²) in [4.78, 5) is 15.9. The van der Waals surface area contributed by atoms with Crippen molar-refractivity contribution in [3.05, 3.63) is 65.5 Å². The largest absolute Gasteiger partial charge is 0.481 e. The molecular formula is C20H20F4N2O2. The van der Waals surface area contributed by atoms with E-state index in [0.29, 0.717) is 32.7 Å². The monoisotopic (exact) mass is 396 g/mol. The number of carbonyl (C=O) groups is 1. The summed E-state index contributed by atoms with van der Waals surface area (Å²) in [5.41, 5.74) is 0.122. The molecule has 0 saturated carbocycles. The van der Waals surface area contributed by atoms with E-state index in [9.17, 15) is 22.4 Å². The van der Waals surface area contributed by atoms with Crippen molar-refractivity contribution >= 4 is 5.91 Å². The van der Waals surface area contributed by atoms with Gasteiger partial charge in [-0.05, 0) is 29.8 Å². The standard InChI is InChI=1S/C20H20F4N2O2/c21-17-3-1-2-4-18(17)28-14-19(27)26-11-9-25(10-12-26)13-15-5-7-16(8-6-15)20(22,23)24/h1-8H,9-14H2. The number of rotatable bonds is 5. The first kappa shape index (κ1) is 20.1. The van der Waals surface area contributed by atoms with E-state index in [-0.39, 0.29) is 18.3 Å². The van der Waals surface area contributed by atoms with Crippen LogP contribution in [-0.2, 0) is 17.5 Å². The first-order chi connectivity index (χ1) is 13.3. The molecule has 0 aromatic heterocycles. The van der Waals surface area contributed by atoms with Gasteiger partial charge in [0.15, 0.2) is 18.2 Å². The number of hydrogen-bond donors (Lipinski definition) is 0. The molecule has 0 bridgehead atoms.